The third-order valence-electron chi connectivity index (χ3n) is 2.36. The molecule has 0 aliphatic rings. The minimum Gasteiger partial charge on any atom is -0.480 e. The molecular formula is C12H22N2O5S. The molecule has 0 aromatic heterocycles. The number of carboxylic acids is 1. The lowest BCUT2D eigenvalue weighted by molar-refractivity contribution is -0.140. The lowest BCUT2D eigenvalue weighted by atomic mass is 10.1. The van der Waals surface area contributed by atoms with Gasteiger partial charge in [-0.25, -0.2) is 4.79 Å². The zero-order valence-electron chi connectivity index (χ0n) is 12.0. The standard InChI is InChI=1S/C12H22N2O5S/c1-8(2)4-5-13-11(16)7-20(19)6-10(12(17)18)14-9(3)15/h8,10H,4-7H2,1-3H3,(H,13,16)(H,14,15)(H,17,18). The number of amides is 2. The molecule has 0 aromatic carbocycles. The van der Waals surface area contributed by atoms with Crippen LogP contribution >= 0.6 is 0 Å². The summed E-state index contributed by atoms with van der Waals surface area (Å²) in [4.78, 5) is 33.1. The molecule has 0 bridgehead atoms. The molecule has 0 radical (unpaired) electrons. The van der Waals surface area contributed by atoms with Gasteiger partial charge in [0, 0.05) is 24.3 Å². The Balaban J connectivity index is 4.15. The van der Waals surface area contributed by atoms with E-state index >= 15 is 0 Å². The van der Waals surface area contributed by atoms with E-state index in [4.69, 9.17) is 5.11 Å². The normalized spacial score (nSPS) is 13.6. The van der Waals surface area contributed by atoms with E-state index in [2.05, 4.69) is 10.6 Å². The van der Waals surface area contributed by atoms with Crippen molar-refractivity contribution in [2.75, 3.05) is 18.1 Å². The first kappa shape index (κ1) is 18.6. The van der Waals surface area contributed by atoms with Crippen LogP contribution in [0.15, 0.2) is 0 Å². The molecule has 0 aromatic rings. The van der Waals surface area contributed by atoms with Gasteiger partial charge in [0.05, 0.1) is 5.75 Å². The maximum atomic E-state index is 11.7. The molecule has 116 valence electrons. The Morgan fingerprint density at radius 2 is 1.85 bits per heavy atom. The molecule has 20 heavy (non-hydrogen) atoms. The summed E-state index contributed by atoms with van der Waals surface area (Å²) >= 11 is 0. The molecule has 7 nitrogen and oxygen atoms in total. The highest BCUT2D eigenvalue weighted by atomic mass is 32.2. The van der Waals surface area contributed by atoms with Crippen molar-refractivity contribution in [3.05, 3.63) is 0 Å². The topological polar surface area (TPSA) is 113 Å². The van der Waals surface area contributed by atoms with Crippen molar-refractivity contribution in [2.45, 2.75) is 33.2 Å². The Bertz CT molecular complexity index is 384. The molecule has 8 heteroatoms. The first-order valence-electron chi connectivity index (χ1n) is 6.34. The third kappa shape index (κ3) is 9.48. The zero-order valence-corrected chi connectivity index (χ0v) is 12.8. The van der Waals surface area contributed by atoms with Crippen LogP contribution in [0.4, 0.5) is 0 Å². The zero-order chi connectivity index (χ0) is 15.7. The number of carboxylic acid groups (broad SMARTS) is 1. The van der Waals surface area contributed by atoms with Crippen molar-refractivity contribution in [1.29, 1.82) is 0 Å². The third-order valence-corrected chi connectivity index (χ3v) is 3.65. The first-order valence-corrected chi connectivity index (χ1v) is 7.82. The van der Waals surface area contributed by atoms with Crippen LogP contribution in [0.5, 0.6) is 0 Å². The van der Waals surface area contributed by atoms with Crippen LogP contribution in [0.2, 0.25) is 0 Å². The maximum absolute atomic E-state index is 11.7. The van der Waals surface area contributed by atoms with Crippen LogP contribution in [-0.2, 0) is 25.2 Å². The molecule has 0 saturated carbocycles. The average Bonchev–Trinajstić information content (AvgIpc) is 2.26. The molecule has 0 saturated heterocycles. The molecule has 3 N–H and O–H groups in total. The largest absolute Gasteiger partial charge is 0.480 e. The lowest BCUT2D eigenvalue weighted by Gasteiger charge is -2.13. The Labute approximate surface area is 121 Å². The van der Waals surface area contributed by atoms with E-state index in [1.165, 1.54) is 6.92 Å². The minimum atomic E-state index is -1.64. The van der Waals surface area contributed by atoms with Gasteiger partial charge >= 0.3 is 5.97 Å². The Morgan fingerprint density at radius 1 is 1.25 bits per heavy atom. The lowest BCUT2D eigenvalue weighted by Crippen LogP contribution is -2.44. The molecule has 0 rings (SSSR count). The van der Waals surface area contributed by atoms with Crippen LogP contribution in [0, 0.1) is 5.92 Å². The summed E-state index contributed by atoms with van der Waals surface area (Å²) in [6.45, 7) is 5.73. The summed E-state index contributed by atoms with van der Waals surface area (Å²) in [6.07, 6.45) is 0.821. The van der Waals surface area contributed by atoms with Crippen LogP contribution < -0.4 is 10.6 Å². The van der Waals surface area contributed by atoms with E-state index in [9.17, 15) is 18.6 Å². The van der Waals surface area contributed by atoms with Crippen molar-refractivity contribution in [2.24, 2.45) is 5.92 Å². The fourth-order valence-corrected chi connectivity index (χ4v) is 2.47. The Kier molecular flexibility index (Phi) is 8.78. The van der Waals surface area contributed by atoms with Crippen molar-refractivity contribution in [3.8, 4) is 0 Å². The highest BCUT2D eigenvalue weighted by Gasteiger charge is 2.22. The molecule has 2 atom stereocenters. The maximum Gasteiger partial charge on any atom is 0.327 e. The number of hydrogen-bond donors (Lipinski definition) is 3. The smallest absolute Gasteiger partial charge is 0.327 e. The van der Waals surface area contributed by atoms with Gasteiger partial charge in [-0.05, 0) is 12.3 Å². The number of aliphatic carboxylic acids is 1. The highest BCUT2D eigenvalue weighted by Crippen LogP contribution is 1.97. The van der Waals surface area contributed by atoms with Crippen molar-refractivity contribution >= 4 is 28.6 Å². The summed E-state index contributed by atoms with van der Waals surface area (Å²) < 4.78 is 11.7. The molecule has 0 fully saturated rings. The number of carbonyl (C=O) groups is 3. The van der Waals surface area contributed by atoms with Crippen LogP contribution in [0.3, 0.4) is 0 Å². The summed E-state index contributed by atoms with van der Waals surface area (Å²) in [5, 5.41) is 13.7. The van der Waals surface area contributed by atoms with Gasteiger partial charge in [-0.1, -0.05) is 13.8 Å². The Hall–Kier alpha value is -1.44. The fourth-order valence-electron chi connectivity index (χ4n) is 1.36. The van der Waals surface area contributed by atoms with E-state index in [1.807, 2.05) is 13.8 Å². The molecule has 0 heterocycles. The summed E-state index contributed by atoms with van der Waals surface area (Å²) in [5.74, 6) is -2.26. The molecule has 0 spiro atoms. The molecular weight excluding hydrogens is 284 g/mol. The molecule has 0 aliphatic carbocycles. The van der Waals surface area contributed by atoms with Gasteiger partial charge in [0.15, 0.2) is 0 Å². The van der Waals surface area contributed by atoms with Gasteiger partial charge in [-0.15, -0.1) is 0 Å². The molecule has 2 unspecified atom stereocenters. The average molecular weight is 306 g/mol. The SMILES string of the molecule is CC(=O)NC(CS(=O)CC(=O)NCCC(C)C)C(=O)O. The summed E-state index contributed by atoms with van der Waals surface area (Å²) in [6, 6.07) is -1.24. The van der Waals surface area contributed by atoms with Crippen molar-refractivity contribution < 1.29 is 23.7 Å². The van der Waals surface area contributed by atoms with Crippen LogP contribution in [0.25, 0.3) is 0 Å². The second-order valence-corrected chi connectivity index (χ2v) is 6.38. The van der Waals surface area contributed by atoms with Crippen molar-refractivity contribution in [3.63, 3.8) is 0 Å². The van der Waals surface area contributed by atoms with E-state index in [1.54, 1.807) is 0 Å². The summed E-state index contributed by atoms with van der Waals surface area (Å²) in [7, 11) is -1.64. The van der Waals surface area contributed by atoms with Crippen LogP contribution in [-0.4, -0.2) is 51.2 Å². The number of hydrogen-bond acceptors (Lipinski definition) is 4. The molecule has 0 aliphatic heterocycles. The fraction of sp³-hybridized carbons (Fsp3) is 0.750. The first-order chi connectivity index (χ1) is 9.22. The van der Waals surface area contributed by atoms with E-state index in [-0.39, 0.29) is 17.4 Å². The second-order valence-electron chi connectivity index (χ2n) is 4.87. The van der Waals surface area contributed by atoms with Gasteiger partial charge in [-0.2, -0.15) is 0 Å². The summed E-state index contributed by atoms with van der Waals surface area (Å²) in [5.41, 5.74) is 0. The number of carbonyl (C=O) groups excluding carboxylic acids is 2. The van der Waals surface area contributed by atoms with Crippen molar-refractivity contribution in [1.82, 2.24) is 10.6 Å². The Morgan fingerprint density at radius 3 is 2.30 bits per heavy atom. The number of rotatable bonds is 9. The van der Waals surface area contributed by atoms with Gasteiger partial charge in [0.1, 0.15) is 11.8 Å². The number of nitrogens with one attached hydrogen (secondary N) is 2. The van der Waals surface area contributed by atoms with Gasteiger partial charge in [0.25, 0.3) is 0 Å². The van der Waals surface area contributed by atoms with E-state index in [0.29, 0.717) is 12.5 Å². The molecule has 2 amide bonds. The van der Waals surface area contributed by atoms with Crippen LogP contribution in [0.1, 0.15) is 27.2 Å². The predicted molar refractivity (Wildman–Crippen MR) is 75.6 cm³/mol. The van der Waals surface area contributed by atoms with E-state index in [0.717, 1.165) is 6.42 Å². The monoisotopic (exact) mass is 306 g/mol. The minimum absolute atomic E-state index is 0.262. The second kappa shape index (κ2) is 9.46. The van der Waals surface area contributed by atoms with E-state index < -0.39 is 28.7 Å². The quantitative estimate of drug-likeness (QED) is 0.531. The van der Waals surface area contributed by atoms with Gasteiger partial charge < -0.3 is 15.7 Å². The van der Waals surface area contributed by atoms with Gasteiger partial charge in [0.2, 0.25) is 11.8 Å². The predicted octanol–water partition coefficient (Wildman–Crippen LogP) is -0.513. The highest BCUT2D eigenvalue weighted by molar-refractivity contribution is 7.85. The van der Waals surface area contributed by atoms with Gasteiger partial charge in [-0.3, -0.25) is 13.8 Å².